The van der Waals surface area contributed by atoms with Crippen LogP contribution in [0.5, 0.6) is 0 Å². The van der Waals surface area contributed by atoms with E-state index < -0.39 is 0 Å². The fraction of sp³-hybridized carbons (Fsp3) is 0.959. The Balaban J connectivity index is -0.00000176. The normalized spacial score (nSPS) is 12.0. The SMILES string of the molecule is CCCCCCCCCCCCCCOCC(CNCCOCCOCCNC=O)OCCCCCCCCCCCCCC.COCC(C)(C)OCC(C)(C)OC.O=CO. The zero-order chi connectivity index (χ0) is 45.8. The summed E-state index contributed by atoms with van der Waals surface area (Å²) in [6, 6.07) is 0. The van der Waals surface area contributed by atoms with E-state index in [-0.39, 0.29) is 23.8 Å². The van der Waals surface area contributed by atoms with Crippen LogP contribution in [-0.2, 0) is 42.7 Å². The lowest BCUT2D eigenvalue weighted by Crippen LogP contribution is -2.38. The van der Waals surface area contributed by atoms with Crippen LogP contribution in [0.4, 0.5) is 0 Å². The van der Waals surface area contributed by atoms with Gasteiger partial charge >= 0.3 is 0 Å². The van der Waals surface area contributed by atoms with Gasteiger partial charge in [0.1, 0.15) is 0 Å². The molecule has 0 saturated carbocycles. The molecule has 0 fully saturated rings. The van der Waals surface area contributed by atoms with Crippen molar-refractivity contribution in [1.82, 2.24) is 10.6 Å². The van der Waals surface area contributed by atoms with Crippen molar-refractivity contribution < 1.29 is 47.9 Å². The predicted octanol–water partition coefficient (Wildman–Crippen LogP) is 10.7. The average Bonchev–Trinajstić information content (AvgIpc) is 3.24. The quantitative estimate of drug-likeness (QED) is 0.0397. The topological polar surface area (TPSA) is 143 Å². The Kier molecular flexibility index (Phi) is 55.5. The van der Waals surface area contributed by atoms with Crippen LogP contribution in [-0.4, -0.2) is 129 Å². The second kappa shape index (κ2) is 53.0. The molecule has 0 spiro atoms. The number of hydrogen-bond donors (Lipinski definition) is 3. The Labute approximate surface area is 376 Å². The number of methoxy groups -OCH3 is 2. The number of carbonyl (C=O) groups excluding carboxylic acids is 1. The molecular weight excluding hydrogens is 777 g/mol. The molecule has 0 aromatic rings. The number of hydrogen-bond acceptors (Lipinski definition) is 10. The number of carboxylic acid groups (broad SMARTS) is 1. The third-order valence-corrected chi connectivity index (χ3v) is 10.3. The largest absolute Gasteiger partial charge is 0.483 e. The van der Waals surface area contributed by atoms with Crippen molar-refractivity contribution in [2.45, 2.75) is 213 Å². The van der Waals surface area contributed by atoms with Gasteiger partial charge in [-0.15, -0.1) is 0 Å². The molecule has 0 aliphatic rings. The first kappa shape index (κ1) is 63.9. The molecule has 0 aliphatic heterocycles. The van der Waals surface area contributed by atoms with Crippen molar-refractivity contribution in [2.75, 3.05) is 93.3 Å². The summed E-state index contributed by atoms with van der Waals surface area (Å²) < 4.78 is 39.3. The van der Waals surface area contributed by atoms with E-state index in [4.69, 9.17) is 43.1 Å². The summed E-state index contributed by atoms with van der Waals surface area (Å²) in [6.45, 7) is 20.1. The number of carbonyl (C=O) groups is 2. The molecular formula is C49H102N2O10. The highest BCUT2D eigenvalue weighted by atomic mass is 16.6. The average molecular weight is 879 g/mol. The summed E-state index contributed by atoms with van der Waals surface area (Å²) in [7, 11) is 3.36. The Morgan fingerprint density at radius 1 is 0.525 bits per heavy atom. The van der Waals surface area contributed by atoms with Gasteiger partial charge in [0.15, 0.2) is 0 Å². The number of ether oxygens (including phenoxy) is 7. The van der Waals surface area contributed by atoms with Gasteiger partial charge in [0, 0.05) is 47.1 Å². The Bertz CT molecular complexity index is 837. The molecule has 1 amide bonds. The van der Waals surface area contributed by atoms with Crippen molar-refractivity contribution in [3.8, 4) is 0 Å². The van der Waals surface area contributed by atoms with Crippen molar-refractivity contribution in [1.29, 1.82) is 0 Å². The molecule has 61 heavy (non-hydrogen) atoms. The molecule has 3 N–H and O–H groups in total. The van der Waals surface area contributed by atoms with Crippen LogP contribution < -0.4 is 10.6 Å². The molecule has 12 nitrogen and oxygen atoms in total. The van der Waals surface area contributed by atoms with E-state index >= 15 is 0 Å². The molecule has 1 atom stereocenters. The van der Waals surface area contributed by atoms with Gasteiger partial charge < -0.3 is 48.9 Å². The summed E-state index contributed by atoms with van der Waals surface area (Å²) >= 11 is 0. The lowest BCUT2D eigenvalue weighted by Gasteiger charge is -2.30. The second-order valence-electron chi connectivity index (χ2n) is 17.4. The Hall–Kier alpha value is -1.38. The number of rotatable bonds is 47. The standard InChI is InChI=1S/C38H78N2O5.C10H22O3.CH2O2/c1-3-5-7-9-11-13-15-17-19-21-23-25-29-44-36-38(35-39-27-31-42-33-34-43-32-28-40-37-41)45-30-26-24-22-20-18-16-14-12-10-8-6-4-2;1-9(2,12-6)8-13-10(3,4)7-11-5;2-1-3/h37-39H,3-36H2,1-2H3,(H,40,41);7-8H2,1-6H3;1H,(H,2,3). The molecule has 12 heteroatoms. The molecule has 0 saturated heterocycles. The monoisotopic (exact) mass is 879 g/mol. The minimum atomic E-state index is -0.250. The molecule has 0 aliphatic carbocycles. The highest BCUT2D eigenvalue weighted by Crippen LogP contribution is 2.16. The highest BCUT2D eigenvalue weighted by molar-refractivity contribution is 5.45. The maximum Gasteiger partial charge on any atom is 0.290 e. The van der Waals surface area contributed by atoms with Crippen LogP contribution in [0.25, 0.3) is 0 Å². The maximum absolute atomic E-state index is 10.2. The van der Waals surface area contributed by atoms with Gasteiger partial charge in [0.05, 0.1) is 63.6 Å². The van der Waals surface area contributed by atoms with Crippen LogP contribution in [0.3, 0.4) is 0 Å². The minimum Gasteiger partial charge on any atom is -0.483 e. The third-order valence-electron chi connectivity index (χ3n) is 10.3. The van der Waals surface area contributed by atoms with E-state index in [1.165, 1.54) is 141 Å². The molecule has 0 aromatic heterocycles. The van der Waals surface area contributed by atoms with Crippen molar-refractivity contribution in [3.63, 3.8) is 0 Å². The summed E-state index contributed by atoms with van der Waals surface area (Å²) in [6.07, 6.45) is 33.4. The zero-order valence-electron chi connectivity index (χ0n) is 41.3. The first-order valence-corrected chi connectivity index (χ1v) is 24.6. The van der Waals surface area contributed by atoms with Crippen LogP contribution in [0, 0.1) is 0 Å². The molecule has 0 heterocycles. The van der Waals surface area contributed by atoms with E-state index in [2.05, 4.69) is 24.5 Å². The lowest BCUT2D eigenvalue weighted by molar-refractivity contribution is -0.125. The molecule has 1 unspecified atom stereocenters. The molecule has 0 aromatic carbocycles. The fourth-order valence-electron chi connectivity index (χ4n) is 6.36. The van der Waals surface area contributed by atoms with Crippen LogP contribution >= 0.6 is 0 Å². The summed E-state index contributed by atoms with van der Waals surface area (Å²) in [5.41, 5.74) is -0.477. The van der Waals surface area contributed by atoms with Crippen LogP contribution in [0.1, 0.15) is 196 Å². The Morgan fingerprint density at radius 3 is 1.38 bits per heavy atom. The summed E-state index contributed by atoms with van der Waals surface area (Å²) in [5.74, 6) is 0. The van der Waals surface area contributed by atoms with E-state index in [0.29, 0.717) is 59.2 Å². The lowest BCUT2D eigenvalue weighted by atomic mass is 10.1. The van der Waals surface area contributed by atoms with Gasteiger partial charge in [-0.2, -0.15) is 0 Å². The number of nitrogens with one attached hydrogen (secondary N) is 2. The first-order valence-electron chi connectivity index (χ1n) is 24.6. The summed E-state index contributed by atoms with van der Waals surface area (Å²) in [4.78, 5) is 18.6. The second-order valence-corrected chi connectivity index (χ2v) is 17.4. The Morgan fingerprint density at radius 2 is 0.951 bits per heavy atom. The highest BCUT2D eigenvalue weighted by Gasteiger charge is 2.24. The van der Waals surface area contributed by atoms with Crippen molar-refractivity contribution in [2.24, 2.45) is 0 Å². The number of unbranched alkanes of at least 4 members (excludes halogenated alkanes) is 22. The molecule has 368 valence electrons. The molecule has 0 bridgehead atoms. The van der Waals surface area contributed by atoms with Gasteiger partial charge in [0.2, 0.25) is 6.41 Å². The molecule has 0 radical (unpaired) electrons. The van der Waals surface area contributed by atoms with Gasteiger partial charge in [0.25, 0.3) is 6.47 Å². The summed E-state index contributed by atoms with van der Waals surface area (Å²) in [5, 5.41) is 13.0. The molecule has 0 rings (SSSR count). The zero-order valence-corrected chi connectivity index (χ0v) is 41.3. The predicted molar refractivity (Wildman–Crippen MR) is 253 cm³/mol. The van der Waals surface area contributed by atoms with Crippen molar-refractivity contribution >= 4 is 12.9 Å². The van der Waals surface area contributed by atoms with Crippen LogP contribution in [0.15, 0.2) is 0 Å². The van der Waals surface area contributed by atoms with Gasteiger partial charge in [-0.1, -0.05) is 155 Å². The van der Waals surface area contributed by atoms with E-state index in [9.17, 15) is 4.79 Å². The minimum absolute atomic E-state index is 0.0867. The number of amides is 1. The van der Waals surface area contributed by atoms with Gasteiger partial charge in [-0.05, 0) is 40.5 Å². The third kappa shape index (κ3) is 58.6. The fourth-order valence-corrected chi connectivity index (χ4v) is 6.36. The maximum atomic E-state index is 10.2. The van der Waals surface area contributed by atoms with E-state index in [1.54, 1.807) is 14.2 Å². The van der Waals surface area contributed by atoms with Crippen LogP contribution in [0.2, 0.25) is 0 Å². The van der Waals surface area contributed by atoms with Gasteiger partial charge in [-0.3, -0.25) is 9.59 Å². The van der Waals surface area contributed by atoms with Gasteiger partial charge in [-0.25, -0.2) is 0 Å². The van der Waals surface area contributed by atoms with E-state index in [1.807, 2.05) is 27.7 Å². The first-order chi connectivity index (χ1) is 29.6. The smallest absolute Gasteiger partial charge is 0.290 e. The van der Waals surface area contributed by atoms with E-state index in [0.717, 1.165) is 39.1 Å². The van der Waals surface area contributed by atoms with Crippen molar-refractivity contribution in [3.05, 3.63) is 0 Å².